The molecule has 0 aromatic heterocycles. The van der Waals surface area contributed by atoms with Gasteiger partial charge in [0, 0.05) is 32.0 Å². The highest BCUT2D eigenvalue weighted by atomic mass is 19.4. The van der Waals surface area contributed by atoms with Crippen LogP contribution in [0.4, 0.5) is 24.5 Å². The number of nitriles is 1. The maximum Gasteiger partial charge on any atom is 0.406 e. The summed E-state index contributed by atoms with van der Waals surface area (Å²) in [5, 5.41) is 11.1. The molecular formula is C12H14F3N3. The number of benzene rings is 1. The third kappa shape index (κ3) is 3.84. The van der Waals surface area contributed by atoms with Crippen molar-refractivity contribution in [3.63, 3.8) is 0 Å². The summed E-state index contributed by atoms with van der Waals surface area (Å²) < 4.78 is 37.1. The average molecular weight is 257 g/mol. The van der Waals surface area contributed by atoms with Crippen LogP contribution in [-0.2, 0) is 0 Å². The standard InChI is InChI=1S/C12H14F3N3/c1-18(2)11-5-3-4-10(6-11)17-8-9(7-16)12(13,14)15/h3-6,9,17H,8H2,1-2H3. The molecule has 0 amide bonds. The topological polar surface area (TPSA) is 39.1 Å². The van der Waals surface area contributed by atoms with E-state index in [-0.39, 0.29) is 0 Å². The predicted molar refractivity (Wildman–Crippen MR) is 64.4 cm³/mol. The van der Waals surface area contributed by atoms with Crippen LogP contribution in [0.25, 0.3) is 0 Å². The molecule has 98 valence electrons. The van der Waals surface area contributed by atoms with E-state index in [2.05, 4.69) is 5.32 Å². The molecule has 0 aliphatic carbocycles. The molecule has 3 nitrogen and oxygen atoms in total. The molecule has 0 saturated carbocycles. The lowest BCUT2D eigenvalue weighted by Crippen LogP contribution is -2.28. The van der Waals surface area contributed by atoms with E-state index in [0.717, 1.165) is 5.69 Å². The minimum atomic E-state index is -4.50. The normalized spacial score (nSPS) is 12.7. The summed E-state index contributed by atoms with van der Waals surface area (Å²) in [6.07, 6.45) is -4.50. The van der Waals surface area contributed by atoms with Crippen LogP contribution in [0.1, 0.15) is 0 Å². The Balaban J connectivity index is 2.69. The van der Waals surface area contributed by atoms with Gasteiger partial charge in [0.2, 0.25) is 0 Å². The van der Waals surface area contributed by atoms with Crippen molar-refractivity contribution in [1.29, 1.82) is 5.26 Å². The third-order valence-corrected chi connectivity index (χ3v) is 2.42. The number of rotatable bonds is 4. The van der Waals surface area contributed by atoms with Gasteiger partial charge in [-0.3, -0.25) is 0 Å². The van der Waals surface area contributed by atoms with Crippen molar-refractivity contribution >= 4 is 11.4 Å². The minimum absolute atomic E-state index is 0.448. The van der Waals surface area contributed by atoms with Crippen LogP contribution in [0.2, 0.25) is 0 Å². The fraction of sp³-hybridized carbons (Fsp3) is 0.417. The first kappa shape index (κ1) is 14.2. The van der Waals surface area contributed by atoms with Crippen LogP contribution < -0.4 is 10.2 Å². The third-order valence-electron chi connectivity index (χ3n) is 2.42. The van der Waals surface area contributed by atoms with Gasteiger partial charge in [0.05, 0.1) is 6.07 Å². The van der Waals surface area contributed by atoms with Gasteiger partial charge >= 0.3 is 6.18 Å². The molecule has 1 unspecified atom stereocenters. The summed E-state index contributed by atoms with van der Waals surface area (Å²) in [4.78, 5) is 1.84. The number of alkyl halides is 3. The van der Waals surface area contributed by atoms with E-state index in [0.29, 0.717) is 5.69 Å². The van der Waals surface area contributed by atoms with Crippen molar-refractivity contribution in [1.82, 2.24) is 0 Å². The number of anilines is 2. The monoisotopic (exact) mass is 257 g/mol. The summed E-state index contributed by atoms with van der Waals surface area (Å²) in [5.41, 5.74) is 1.44. The van der Waals surface area contributed by atoms with E-state index >= 15 is 0 Å². The first-order valence-electron chi connectivity index (χ1n) is 5.32. The van der Waals surface area contributed by atoms with Crippen molar-refractivity contribution in [3.8, 4) is 6.07 Å². The summed E-state index contributed by atoms with van der Waals surface area (Å²) >= 11 is 0. The average Bonchev–Trinajstić information content (AvgIpc) is 2.28. The first-order chi connectivity index (χ1) is 8.34. The zero-order chi connectivity index (χ0) is 13.8. The fourth-order valence-electron chi connectivity index (χ4n) is 1.35. The summed E-state index contributed by atoms with van der Waals surface area (Å²) in [6.45, 7) is -0.448. The smallest absolute Gasteiger partial charge is 0.383 e. The molecule has 1 atom stereocenters. The fourth-order valence-corrected chi connectivity index (χ4v) is 1.35. The highest BCUT2D eigenvalue weighted by Crippen LogP contribution is 2.26. The lowest BCUT2D eigenvalue weighted by atomic mass is 10.1. The van der Waals surface area contributed by atoms with Gasteiger partial charge in [0.1, 0.15) is 0 Å². The van der Waals surface area contributed by atoms with E-state index in [1.54, 1.807) is 18.2 Å². The van der Waals surface area contributed by atoms with E-state index in [9.17, 15) is 13.2 Å². The Morgan fingerprint density at radius 1 is 1.39 bits per heavy atom. The van der Waals surface area contributed by atoms with Gasteiger partial charge in [-0.1, -0.05) is 6.07 Å². The molecule has 6 heteroatoms. The SMILES string of the molecule is CN(C)c1cccc(NCC(C#N)C(F)(F)F)c1. The first-order valence-corrected chi connectivity index (χ1v) is 5.32. The second-order valence-electron chi connectivity index (χ2n) is 4.05. The Kier molecular flexibility index (Phi) is 4.43. The van der Waals surface area contributed by atoms with Crippen LogP contribution in [0.15, 0.2) is 24.3 Å². The zero-order valence-corrected chi connectivity index (χ0v) is 10.1. The van der Waals surface area contributed by atoms with Crippen molar-refractivity contribution in [2.24, 2.45) is 5.92 Å². The minimum Gasteiger partial charge on any atom is -0.383 e. The number of hydrogen-bond acceptors (Lipinski definition) is 3. The molecule has 1 rings (SSSR count). The summed E-state index contributed by atoms with van der Waals surface area (Å²) in [7, 11) is 3.68. The van der Waals surface area contributed by atoms with Crippen LogP contribution in [0, 0.1) is 17.2 Å². The molecule has 18 heavy (non-hydrogen) atoms. The molecule has 0 bridgehead atoms. The molecule has 1 aromatic rings. The molecule has 1 N–H and O–H groups in total. The maximum absolute atomic E-state index is 12.4. The van der Waals surface area contributed by atoms with E-state index in [1.807, 2.05) is 25.1 Å². The highest BCUT2D eigenvalue weighted by molar-refractivity contribution is 5.57. The van der Waals surface area contributed by atoms with Gasteiger partial charge in [0.25, 0.3) is 0 Å². The van der Waals surface area contributed by atoms with Crippen LogP contribution >= 0.6 is 0 Å². The molecule has 0 radical (unpaired) electrons. The second kappa shape index (κ2) is 5.63. The molecule has 0 saturated heterocycles. The number of nitrogens with one attached hydrogen (secondary N) is 1. The number of halogens is 3. The molecule has 0 spiro atoms. The van der Waals surface area contributed by atoms with E-state index in [1.165, 1.54) is 6.07 Å². The Morgan fingerprint density at radius 3 is 2.56 bits per heavy atom. The highest BCUT2D eigenvalue weighted by Gasteiger charge is 2.39. The Hall–Kier alpha value is -1.90. The van der Waals surface area contributed by atoms with Crippen molar-refractivity contribution in [3.05, 3.63) is 24.3 Å². The molecule has 0 aliphatic rings. The molecule has 0 heterocycles. The lowest BCUT2D eigenvalue weighted by Gasteiger charge is -2.17. The quantitative estimate of drug-likeness (QED) is 0.901. The van der Waals surface area contributed by atoms with Gasteiger partial charge < -0.3 is 10.2 Å². The van der Waals surface area contributed by atoms with Crippen LogP contribution in [-0.4, -0.2) is 26.8 Å². The zero-order valence-electron chi connectivity index (χ0n) is 10.1. The van der Waals surface area contributed by atoms with Crippen molar-refractivity contribution < 1.29 is 13.2 Å². The molecule has 1 aromatic carbocycles. The second-order valence-corrected chi connectivity index (χ2v) is 4.05. The van der Waals surface area contributed by atoms with Gasteiger partial charge in [0.15, 0.2) is 5.92 Å². The van der Waals surface area contributed by atoms with Crippen LogP contribution in [0.5, 0.6) is 0 Å². The van der Waals surface area contributed by atoms with E-state index in [4.69, 9.17) is 5.26 Å². The van der Waals surface area contributed by atoms with Crippen molar-refractivity contribution in [2.75, 3.05) is 30.9 Å². The molecule has 0 fully saturated rings. The Morgan fingerprint density at radius 2 is 2.06 bits per heavy atom. The molecule has 0 aliphatic heterocycles. The maximum atomic E-state index is 12.4. The van der Waals surface area contributed by atoms with Gasteiger partial charge in [-0.15, -0.1) is 0 Å². The Bertz CT molecular complexity index is 435. The van der Waals surface area contributed by atoms with Gasteiger partial charge in [-0.25, -0.2) is 0 Å². The molecular weight excluding hydrogens is 243 g/mol. The lowest BCUT2D eigenvalue weighted by molar-refractivity contribution is -0.155. The van der Waals surface area contributed by atoms with Gasteiger partial charge in [-0.2, -0.15) is 18.4 Å². The van der Waals surface area contributed by atoms with Crippen molar-refractivity contribution in [2.45, 2.75) is 6.18 Å². The summed E-state index contributed by atoms with van der Waals surface area (Å²) in [5.74, 6) is -2.00. The number of hydrogen-bond donors (Lipinski definition) is 1. The largest absolute Gasteiger partial charge is 0.406 e. The van der Waals surface area contributed by atoms with Crippen LogP contribution in [0.3, 0.4) is 0 Å². The van der Waals surface area contributed by atoms with E-state index < -0.39 is 18.6 Å². The predicted octanol–water partition coefficient (Wildman–Crippen LogP) is 2.87. The number of nitrogens with zero attached hydrogens (tertiary/aromatic N) is 2. The Labute approximate surface area is 104 Å². The van der Waals surface area contributed by atoms with Gasteiger partial charge in [-0.05, 0) is 18.2 Å². The summed E-state index contributed by atoms with van der Waals surface area (Å²) in [6, 6.07) is 8.23.